The lowest BCUT2D eigenvalue weighted by Gasteiger charge is -1.97. The van der Waals surface area contributed by atoms with Crippen LogP contribution in [0.15, 0.2) is 18.6 Å². The second-order valence-corrected chi connectivity index (χ2v) is 1.85. The third-order valence-corrected chi connectivity index (χ3v) is 0.999. The molecule has 0 fully saturated rings. The van der Waals surface area contributed by atoms with Crippen molar-refractivity contribution < 1.29 is 14.7 Å². The molecule has 1 aromatic rings. The first-order valence-corrected chi connectivity index (χ1v) is 3.00. The van der Waals surface area contributed by atoms with Gasteiger partial charge in [-0.3, -0.25) is 15.1 Å². The largest absolute Gasteiger partial charge is 0.474 e. The molecule has 0 aliphatic rings. The molecule has 0 spiro atoms. The number of hydrogen-bond acceptors (Lipinski definition) is 4. The number of carbonyl (C=O) groups is 2. The molecule has 2 N–H and O–H groups in total. The number of hydrogen-bond donors (Lipinski definition) is 2. The van der Waals surface area contributed by atoms with Crippen molar-refractivity contribution in [3.8, 4) is 0 Å². The Bertz CT molecular complexity index is 298. The number of aromatic nitrogens is 2. The fraction of sp³-hybridized carbons (Fsp3) is 0. The predicted octanol–water partition coefficient (Wildman–Crippen LogP) is -0.500. The lowest BCUT2D eigenvalue weighted by Crippen LogP contribution is -2.22. The highest BCUT2D eigenvalue weighted by Crippen LogP contribution is 1.95. The first kappa shape index (κ1) is 8.12. The van der Waals surface area contributed by atoms with Crippen molar-refractivity contribution in [3.05, 3.63) is 18.6 Å². The Morgan fingerprint density at radius 1 is 1.42 bits per heavy atom. The number of carboxylic acid groups (broad SMARTS) is 1. The van der Waals surface area contributed by atoms with Gasteiger partial charge in [0.2, 0.25) is 0 Å². The second-order valence-electron chi connectivity index (χ2n) is 1.85. The molecule has 0 unspecified atom stereocenters. The van der Waals surface area contributed by atoms with E-state index in [1.54, 1.807) is 0 Å². The Kier molecular flexibility index (Phi) is 2.32. The van der Waals surface area contributed by atoms with Crippen LogP contribution < -0.4 is 5.32 Å². The van der Waals surface area contributed by atoms with E-state index in [9.17, 15) is 9.59 Å². The van der Waals surface area contributed by atoms with Crippen LogP contribution in [0.2, 0.25) is 0 Å². The van der Waals surface area contributed by atoms with Crippen LogP contribution in [-0.4, -0.2) is 27.0 Å². The average molecular weight is 167 g/mol. The molecule has 0 bridgehead atoms. The summed E-state index contributed by atoms with van der Waals surface area (Å²) in [5.41, 5.74) is 0. The second kappa shape index (κ2) is 3.42. The zero-order valence-corrected chi connectivity index (χ0v) is 5.89. The van der Waals surface area contributed by atoms with E-state index in [0.717, 1.165) is 0 Å². The summed E-state index contributed by atoms with van der Waals surface area (Å²) in [4.78, 5) is 27.8. The summed E-state index contributed by atoms with van der Waals surface area (Å²) >= 11 is 0. The Balaban J connectivity index is 2.65. The molecule has 1 amide bonds. The van der Waals surface area contributed by atoms with Crippen LogP contribution in [0.3, 0.4) is 0 Å². The molecule has 0 radical (unpaired) electrons. The van der Waals surface area contributed by atoms with Crippen LogP contribution in [-0.2, 0) is 9.59 Å². The summed E-state index contributed by atoms with van der Waals surface area (Å²) < 4.78 is 0. The summed E-state index contributed by atoms with van der Waals surface area (Å²) in [6.07, 6.45) is 4.01. The quantitative estimate of drug-likeness (QED) is 0.550. The molecule has 0 atom stereocenters. The minimum Gasteiger partial charge on any atom is -0.474 e. The van der Waals surface area contributed by atoms with Gasteiger partial charge >= 0.3 is 11.9 Å². The highest BCUT2D eigenvalue weighted by atomic mass is 16.4. The highest BCUT2D eigenvalue weighted by Gasteiger charge is 2.10. The molecular weight excluding hydrogens is 162 g/mol. The molecule has 1 aromatic heterocycles. The van der Waals surface area contributed by atoms with Gasteiger partial charge in [0.25, 0.3) is 0 Å². The zero-order valence-electron chi connectivity index (χ0n) is 5.89. The topological polar surface area (TPSA) is 92.2 Å². The fourth-order valence-corrected chi connectivity index (χ4v) is 0.533. The molecule has 6 nitrogen and oxygen atoms in total. The van der Waals surface area contributed by atoms with Crippen LogP contribution >= 0.6 is 0 Å². The van der Waals surface area contributed by atoms with Gasteiger partial charge in [0, 0.05) is 12.4 Å². The molecule has 1 heterocycles. The van der Waals surface area contributed by atoms with Crippen molar-refractivity contribution >= 4 is 17.7 Å². The van der Waals surface area contributed by atoms with Crippen molar-refractivity contribution in [2.24, 2.45) is 0 Å². The summed E-state index contributed by atoms with van der Waals surface area (Å²) in [5, 5.41) is 10.2. The van der Waals surface area contributed by atoms with Crippen LogP contribution in [0.25, 0.3) is 0 Å². The van der Waals surface area contributed by atoms with Gasteiger partial charge in [-0.05, 0) is 0 Å². The number of anilines is 1. The van der Waals surface area contributed by atoms with Crippen molar-refractivity contribution in [3.63, 3.8) is 0 Å². The average Bonchev–Trinajstić information content (AvgIpc) is 2.06. The summed E-state index contributed by atoms with van der Waals surface area (Å²) in [6, 6.07) is 0. The standard InChI is InChI=1S/C6H5N3O3/c10-5(6(11)12)9-4-3-7-1-2-8-4/h1-3H,(H,11,12)(H,8,9,10). The van der Waals surface area contributed by atoms with Gasteiger partial charge in [-0.2, -0.15) is 0 Å². The minimum atomic E-state index is -1.55. The Hall–Kier alpha value is -1.98. The third-order valence-electron chi connectivity index (χ3n) is 0.999. The van der Waals surface area contributed by atoms with Gasteiger partial charge in [0.1, 0.15) is 0 Å². The summed E-state index contributed by atoms with van der Waals surface area (Å²) in [6.45, 7) is 0. The van der Waals surface area contributed by atoms with Gasteiger partial charge in [-0.1, -0.05) is 0 Å². The molecule has 1 rings (SSSR count). The van der Waals surface area contributed by atoms with E-state index < -0.39 is 11.9 Å². The lowest BCUT2D eigenvalue weighted by molar-refractivity contribution is -0.147. The van der Waals surface area contributed by atoms with E-state index in [1.165, 1.54) is 18.6 Å². The maximum absolute atomic E-state index is 10.5. The molecule has 0 aromatic carbocycles. The molecule has 0 aliphatic carbocycles. The third kappa shape index (κ3) is 2.01. The first-order valence-electron chi connectivity index (χ1n) is 3.00. The Morgan fingerprint density at radius 3 is 2.67 bits per heavy atom. The lowest BCUT2D eigenvalue weighted by atomic mass is 10.5. The van der Waals surface area contributed by atoms with Gasteiger partial charge < -0.3 is 5.11 Å². The van der Waals surface area contributed by atoms with Crippen molar-refractivity contribution in [2.75, 3.05) is 5.32 Å². The summed E-state index contributed by atoms with van der Waals surface area (Å²) in [5.74, 6) is -2.57. The number of aliphatic carboxylic acids is 1. The van der Waals surface area contributed by atoms with E-state index in [2.05, 4.69) is 9.97 Å². The van der Waals surface area contributed by atoms with Crippen LogP contribution in [0, 0.1) is 0 Å². The molecule has 6 heteroatoms. The van der Waals surface area contributed by atoms with E-state index in [-0.39, 0.29) is 5.82 Å². The smallest absolute Gasteiger partial charge is 0.394 e. The van der Waals surface area contributed by atoms with Crippen molar-refractivity contribution in [2.45, 2.75) is 0 Å². The van der Waals surface area contributed by atoms with Crippen LogP contribution in [0.1, 0.15) is 0 Å². The normalized spacial score (nSPS) is 9.00. The van der Waals surface area contributed by atoms with E-state index in [1.807, 2.05) is 5.32 Å². The van der Waals surface area contributed by atoms with Gasteiger partial charge in [-0.15, -0.1) is 0 Å². The molecule has 12 heavy (non-hydrogen) atoms. The first-order chi connectivity index (χ1) is 5.70. The molecule has 0 aliphatic heterocycles. The molecular formula is C6H5N3O3. The number of nitrogens with zero attached hydrogens (tertiary/aromatic N) is 2. The van der Waals surface area contributed by atoms with Crippen LogP contribution in [0.4, 0.5) is 5.82 Å². The number of carbonyl (C=O) groups excluding carboxylic acids is 1. The highest BCUT2D eigenvalue weighted by molar-refractivity contribution is 6.36. The van der Waals surface area contributed by atoms with E-state index >= 15 is 0 Å². The predicted molar refractivity (Wildman–Crippen MR) is 38.3 cm³/mol. The number of rotatable bonds is 1. The Morgan fingerprint density at radius 2 is 2.17 bits per heavy atom. The SMILES string of the molecule is O=C(O)C(=O)Nc1cnccn1. The van der Waals surface area contributed by atoms with Gasteiger partial charge in [-0.25, -0.2) is 9.78 Å². The fourth-order valence-electron chi connectivity index (χ4n) is 0.533. The number of amides is 1. The van der Waals surface area contributed by atoms with E-state index in [4.69, 9.17) is 5.11 Å². The Labute approximate surface area is 67.3 Å². The minimum absolute atomic E-state index is 0.116. The number of carboxylic acids is 1. The van der Waals surface area contributed by atoms with Crippen LogP contribution in [0.5, 0.6) is 0 Å². The van der Waals surface area contributed by atoms with E-state index in [0.29, 0.717) is 0 Å². The molecule has 62 valence electrons. The van der Waals surface area contributed by atoms with Gasteiger partial charge in [0.15, 0.2) is 5.82 Å². The number of nitrogens with one attached hydrogen (secondary N) is 1. The summed E-state index contributed by atoms with van der Waals surface area (Å²) in [7, 11) is 0. The van der Waals surface area contributed by atoms with Crippen molar-refractivity contribution in [1.29, 1.82) is 0 Å². The molecule has 0 saturated heterocycles. The maximum atomic E-state index is 10.5. The monoisotopic (exact) mass is 167 g/mol. The zero-order chi connectivity index (χ0) is 8.97. The van der Waals surface area contributed by atoms with Gasteiger partial charge in [0.05, 0.1) is 6.20 Å². The maximum Gasteiger partial charge on any atom is 0.394 e. The van der Waals surface area contributed by atoms with Crippen molar-refractivity contribution in [1.82, 2.24) is 9.97 Å². The molecule has 0 saturated carbocycles.